The number of nitrogens with two attached hydrogens (primary N) is 1. The van der Waals surface area contributed by atoms with Gasteiger partial charge in [-0.2, -0.15) is 0 Å². The summed E-state index contributed by atoms with van der Waals surface area (Å²) < 4.78 is 41.9. The van der Waals surface area contributed by atoms with Gasteiger partial charge in [0.2, 0.25) is 10.0 Å². The van der Waals surface area contributed by atoms with Crippen LogP contribution >= 0.6 is 27.3 Å². The Kier molecular flexibility index (Phi) is 4.66. The summed E-state index contributed by atoms with van der Waals surface area (Å²) in [6, 6.07) is 2.06. The van der Waals surface area contributed by atoms with E-state index in [4.69, 9.17) is 9.88 Å². The van der Waals surface area contributed by atoms with E-state index in [0.717, 1.165) is 27.7 Å². The molecule has 21 heavy (non-hydrogen) atoms. The number of hydrogen-bond acceptors (Lipinski definition) is 5. The van der Waals surface area contributed by atoms with Gasteiger partial charge in [0.1, 0.15) is 28.1 Å². The van der Waals surface area contributed by atoms with Gasteiger partial charge in [-0.1, -0.05) is 0 Å². The van der Waals surface area contributed by atoms with Gasteiger partial charge in [0.25, 0.3) is 0 Å². The van der Waals surface area contributed by atoms with Crippen molar-refractivity contribution < 1.29 is 17.5 Å². The van der Waals surface area contributed by atoms with E-state index in [1.807, 2.05) is 13.8 Å². The third-order valence-electron chi connectivity index (χ3n) is 2.72. The highest BCUT2D eigenvalue weighted by atomic mass is 79.9. The second-order valence-corrected chi connectivity index (χ2v) is 7.97. The first-order chi connectivity index (χ1) is 9.68. The van der Waals surface area contributed by atoms with Crippen LogP contribution in [0.1, 0.15) is 15.6 Å². The molecule has 0 atom stereocenters. The molecule has 0 radical (unpaired) electrons. The molecule has 5 nitrogen and oxygen atoms in total. The first-order valence-corrected chi connectivity index (χ1v) is 8.91. The van der Waals surface area contributed by atoms with Crippen molar-refractivity contribution >= 4 is 37.3 Å². The van der Waals surface area contributed by atoms with Crippen molar-refractivity contribution in [3.63, 3.8) is 0 Å². The van der Waals surface area contributed by atoms with Gasteiger partial charge in [-0.3, -0.25) is 0 Å². The molecule has 0 unspecified atom stereocenters. The number of primary sulfonamides is 1. The predicted octanol–water partition coefficient (Wildman–Crippen LogP) is 2.89. The number of rotatable bonds is 4. The van der Waals surface area contributed by atoms with Crippen molar-refractivity contribution in [2.45, 2.75) is 25.3 Å². The Morgan fingerprint density at radius 2 is 2.10 bits per heavy atom. The maximum absolute atomic E-state index is 13.7. The van der Waals surface area contributed by atoms with Crippen LogP contribution in [0.2, 0.25) is 0 Å². The minimum Gasteiger partial charge on any atom is -0.485 e. The van der Waals surface area contributed by atoms with Crippen molar-refractivity contribution in [3.8, 4) is 5.75 Å². The lowest BCUT2D eigenvalue weighted by atomic mass is 10.3. The van der Waals surface area contributed by atoms with Gasteiger partial charge < -0.3 is 4.74 Å². The third kappa shape index (κ3) is 3.79. The van der Waals surface area contributed by atoms with Crippen LogP contribution in [-0.4, -0.2) is 13.4 Å². The Labute approximate surface area is 134 Å². The molecule has 0 aliphatic rings. The molecule has 114 valence electrons. The summed E-state index contributed by atoms with van der Waals surface area (Å²) in [4.78, 5) is 4.81. The molecule has 0 aliphatic carbocycles. The topological polar surface area (TPSA) is 82.3 Å². The monoisotopic (exact) mass is 394 g/mol. The maximum Gasteiger partial charge on any atom is 0.241 e. The molecular formula is C12H12BrFN2O3S2. The van der Waals surface area contributed by atoms with Crippen LogP contribution in [0.3, 0.4) is 0 Å². The van der Waals surface area contributed by atoms with E-state index < -0.39 is 20.7 Å². The van der Waals surface area contributed by atoms with Crippen molar-refractivity contribution in [2.24, 2.45) is 5.14 Å². The fraction of sp³-hybridized carbons (Fsp3) is 0.250. The number of aryl methyl sites for hydroxylation is 2. The number of hydrogen-bond donors (Lipinski definition) is 1. The standard InChI is InChI=1S/C12H12BrFN2O3S2/c1-6-7(2)20-12(16-6)5-19-10-4-9(14)11(3-8(10)13)21(15,17)18/h3-4H,5H2,1-2H3,(H2,15,17,18). The number of ether oxygens (including phenoxy) is 1. The zero-order valence-electron chi connectivity index (χ0n) is 11.2. The Morgan fingerprint density at radius 3 is 2.62 bits per heavy atom. The first kappa shape index (κ1) is 16.3. The summed E-state index contributed by atoms with van der Waals surface area (Å²) in [6.45, 7) is 4.02. The van der Waals surface area contributed by atoms with Crippen molar-refractivity contribution in [1.82, 2.24) is 4.98 Å². The van der Waals surface area contributed by atoms with Gasteiger partial charge in [-0.15, -0.1) is 11.3 Å². The number of nitrogens with zero attached hydrogens (tertiary/aromatic N) is 1. The van der Waals surface area contributed by atoms with Crippen LogP contribution < -0.4 is 9.88 Å². The van der Waals surface area contributed by atoms with Gasteiger partial charge in [-0.25, -0.2) is 22.9 Å². The van der Waals surface area contributed by atoms with E-state index in [1.54, 1.807) is 0 Å². The van der Waals surface area contributed by atoms with Crippen molar-refractivity contribution in [1.29, 1.82) is 0 Å². The summed E-state index contributed by atoms with van der Waals surface area (Å²) >= 11 is 4.63. The Hall–Kier alpha value is -1.03. The molecule has 0 spiro atoms. The molecule has 0 amide bonds. The Balaban J connectivity index is 2.23. The van der Waals surface area contributed by atoms with E-state index >= 15 is 0 Å². The van der Waals surface area contributed by atoms with Crippen LogP contribution in [0, 0.1) is 19.7 Å². The van der Waals surface area contributed by atoms with E-state index in [9.17, 15) is 12.8 Å². The van der Waals surface area contributed by atoms with Crippen molar-refractivity contribution in [3.05, 3.63) is 38.0 Å². The Morgan fingerprint density at radius 1 is 1.43 bits per heavy atom. The summed E-state index contributed by atoms with van der Waals surface area (Å²) in [5.41, 5.74) is 0.924. The largest absolute Gasteiger partial charge is 0.485 e. The van der Waals surface area contributed by atoms with Gasteiger partial charge in [0.15, 0.2) is 0 Å². The zero-order chi connectivity index (χ0) is 15.8. The summed E-state index contributed by atoms with van der Waals surface area (Å²) in [5.74, 6) is -0.771. The van der Waals surface area contributed by atoms with Gasteiger partial charge >= 0.3 is 0 Å². The van der Waals surface area contributed by atoms with Crippen LogP contribution in [0.4, 0.5) is 4.39 Å². The van der Waals surface area contributed by atoms with Crippen molar-refractivity contribution in [2.75, 3.05) is 0 Å². The van der Waals surface area contributed by atoms with E-state index in [-0.39, 0.29) is 12.4 Å². The second-order valence-electron chi connectivity index (χ2n) is 4.30. The number of sulfonamides is 1. The average molecular weight is 395 g/mol. The maximum atomic E-state index is 13.7. The molecule has 2 N–H and O–H groups in total. The lowest BCUT2D eigenvalue weighted by Gasteiger charge is -2.09. The second kappa shape index (κ2) is 5.99. The molecule has 9 heteroatoms. The van der Waals surface area contributed by atoms with Crippen LogP contribution in [0.25, 0.3) is 0 Å². The highest BCUT2D eigenvalue weighted by Gasteiger charge is 2.18. The molecule has 0 saturated heterocycles. The molecule has 0 bridgehead atoms. The molecular weight excluding hydrogens is 383 g/mol. The fourth-order valence-corrected chi connectivity index (χ4v) is 3.65. The third-order valence-corrected chi connectivity index (χ3v) is 5.31. The zero-order valence-corrected chi connectivity index (χ0v) is 14.4. The fourth-order valence-electron chi connectivity index (χ4n) is 1.58. The average Bonchev–Trinajstić information content (AvgIpc) is 2.68. The lowest BCUT2D eigenvalue weighted by Crippen LogP contribution is -2.14. The van der Waals surface area contributed by atoms with E-state index in [0.29, 0.717) is 4.47 Å². The molecule has 0 aliphatic heterocycles. The van der Waals surface area contributed by atoms with Crippen LogP contribution in [0.5, 0.6) is 5.75 Å². The Bertz CT molecular complexity index is 771. The van der Waals surface area contributed by atoms with Crippen LogP contribution in [-0.2, 0) is 16.6 Å². The SMILES string of the molecule is Cc1nc(COc2cc(F)c(S(N)(=O)=O)cc2Br)sc1C. The quantitative estimate of drug-likeness (QED) is 0.863. The van der Waals surface area contributed by atoms with Gasteiger partial charge in [-0.05, 0) is 35.8 Å². The highest BCUT2D eigenvalue weighted by Crippen LogP contribution is 2.31. The highest BCUT2D eigenvalue weighted by molar-refractivity contribution is 9.10. The lowest BCUT2D eigenvalue weighted by molar-refractivity contribution is 0.301. The molecule has 2 aromatic rings. The normalized spacial score (nSPS) is 11.7. The number of aromatic nitrogens is 1. The number of benzene rings is 1. The smallest absolute Gasteiger partial charge is 0.241 e. The van der Waals surface area contributed by atoms with E-state index in [1.165, 1.54) is 11.3 Å². The minimum atomic E-state index is -4.11. The molecule has 0 fully saturated rings. The van der Waals surface area contributed by atoms with Gasteiger partial charge in [0, 0.05) is 10.9 Å². The van der Waals surface area contributed by atoms with Crippen LogP contribution in [0.15, 0.2) is 21.5 Å². The minimum absolute atomic E-state index is 0.173. The molecule has 1 aromatic carbocycles. The van der Waals surface area contributed by atoms with Gasteiger partial charge in [0.05, 0.1) is 10.2 Å². The molecule has 0 saturated carbocycles. The molecule has 1 aromatic heterocycles. The summed E-state index contributed by atoms with van der Waals surface area (Å²) in [6.07, 6.45) is 0. The molecule has 1 heterocycles. The number of halogens is 2. The summed E-state index contributed by atoms with van der Waals surface area (Å²) in [7, 11) is -4.11. The number of thiazole rings is 1. The first-order valence-electron chi connectivity index (χ1n) is 5.76. The predicted molar refractivity (Wildman–Crippen MR) is 81.4 cm³/mol. The van der Waals surface area contributed by atoms with E-state index in [2.05, 4.69) is 20.9 Å². The molecule has 2 rings (SSSR count). The summed E-state index contributed by atoms with van der Waals surface area (Å²) in [5, 5.41) is 5.68.